The predicted molar refractivity (Wildman–Crippen MR) is 108 cm³/mol. The van der Waals surface area contributed by atoms with Crippen molar-refractivity contribution in [1.29, 1.82) is 0 Å². The Morgan fingerprint density at radius 1 is 1.07 bits per heavy atom. The van der Waals surface area contributed by atoms with Gasteiger partial charge in [-0.25, -0.2) is 9.79 Å². The SMILES string of the molecule is COc1cc(/C=C2\N=C(c3ccc(Cl)c(Cl)c3)OC2=O)cc(OC)c1OC(C)=O. The number of rotatable bonds is 5. The molecule has 0 saturated carbocycles. The Labute approximate surface area is 176 Å². The summed E-state index contributed by atoms with van der Waals surface area (Å²) >= 11 is 11.9. The molecule has 0 unspecified atom stereocenters. The molecule has 2 aromatic carbocycles. The van der Waals surface area contributed by atoms with Crippen LogP contribution >= 0.6 is 23.2 Å². The Kier molecular flexibility index (Phi) is 6.10. The first-order valence-electron chi connectivity index (χ1n) is 8.24. The van der Waals surface area contributed by atoms with Gasteiger partial charge in [0.15, 0.2) is 17.2 Å². The number of aliphatic imine (C=N–C) groups is 1. The molecular formula is C20H15Cl2NO6. The fourth-order valence-electron chi connectivity index (χ4n) is 2.55. The second-order valence-electron chi connectivity index (χ2n) is 5.81. The Hall–Kier alpha value is -3.03. The van der Waals surface area contributed by atoms with Gasteiger partial charge in [-0.2, -0.15) is 0 Å². The van der Waals surface area contributed by atoms with Gasteiger partial charge in [-0.1, -0.05) is 23.2 Å². The standard InChI is InChI=1S/C20H15Cl2NO6/c1-10(24)28-18-16(26-2)7-11(8-17(18)27-3)6-15-20(25)29-19(23-15)12-4-5-13(21)14(22)9-12/h4-9H,1-3H3/b15-6-. The topological polar surface area (TPSA) is 83.4 Å². The van der Waals surface area contributed by atoms with Crippen LogP contribution in [0.25, 0.3) is 6.08 Å². The van der Waals surface area contributed by atoms with Crippen molar-refractivity contribution < 1.29 is 28.5 Å². The van der Waals surface area contributed by atoms with E-state index in [1.54, 1.807) is 30.3 Å². The Bertz CT molecular complexity index is 1040. The quantitative estimate of drug-likeness (QED) is 0.395. The zero-order valence-electron chi connectivity index (χ0n) is 15.6. The molecule has 0 aliphatic carbocycles. The Balaban J connectivity index is 2.00. The molecule has 1 aliphatic rings. The van der Waals surface area contributed by atoms with E-state index in [1.165, 1.54) is 27.2 Å². The van der Waals surface area contributed by atoms with Crippen molar-refractivity contribution in [2.24, 2.45) is 4.99 Å². The van der Waals surface area contributed by atoms with Crippen molar-refractivity contribution >= 4 is 47.1 Å². The highest BCUT2D eigenvalue weighted by atomic mass is 35.5. The lowest BCUT2D eigenvalue weighted by atomic mass is 10.1. The van der Waals surface area contributed by atoms with E-state index < -0.39 is 11.9 Å². The molecular weight excluding hydrogens is 421 g/mol. The Morgan fingerprint density at radius 3 is 2.28 bits per heavy atom. The van der Waals surface area contributed by atoms with Crippen LogP contribution in [0.1, 0.15) is 18.1 Å². The lowest BCUT2D eigenvalue weighted by Gasteiger charge is -2.13. The number of methoxy groups -OCH3 is 2. The van der Waals surface area contributed by atoms with Gasteiger partial charge >= 0.3 is 11.9 Å². The van der Waals surface area contributed by atoms with Crippen LogP contribution in [0.4, 0.5) is 0 Å². The molecule has 1 aliphatic heterocycles. The minimum absolute atomic E-state index is 0.0652. The number of esters is 2. The third kappa shape index (κ3) is 4.52. The van der Waals surface area contributed by atoms with E-state index in [-0.39, 0.29) is 28.8 Å². The van der Waals surface area contributed by atoms with Crippen molar-refractivity contribution in [2.75, 3.05) is 14.2 Å². The molecule has 2 aromatic rings. The first-order chi connectivity index (χ1) is 13.8. The van der Waals surface area contributed by atoms with Crippen LogP contribution in [-0.4, -0.2) is 32.1 Å². The van der Waals surface area contributed by atoms with E-state index in [1.807, 2.05) is 0 Å². The average Bonchev–Trinajstić information content (AvgIpc) is 3.04. The number of ether oxygens (including phenoxy) is 4. The number of hydrogen-bond donors (Lipinski definition) is 0. The van der Waals surface area contributed by atoms with Gasteiger partial charge in [0.1, 0.15) is 0 Å². The fraction of sp³-hybridized carbons (Fsp3) is 0.150. The zero-order chi connectivity index (χ0) is 21.1. The van der Waals surface area contributed by atoms with Crippen LogP contribution in [0, 0.1) is 0 Å². The minimum Gasteiger partial charge on any atom is -0.493 e. The summed E-state index contributed by atoms with van der Waals surface area (Å²) in [7, 11) is 2.84. The van der Waals surface area contributed by atoms with Crippen molar-refractivity contribution in [3.05, 3.63) is 57.2 Å². The predicted octanol–water partition coefficient (Wildman–Crippen LogP) is 4.28. The highest BCUT2D eigenvalue weighted by Gasteiger charge is 2.25. The molecule has 150 valence electrons. The van der Waals surface area contributed by atoms with E-state index in [4.69, 9.17) is 42.1 Å². The summed E-state index contributed by atoms with van der Waals surface area (Å²) in [6.45, 7) is 1.27. The molecule has 0 N–H and O–H groups in total. The number of benzene rings is 2. The normalized spacial score (nSPS) is 14.4. The van der Waals surface area contributed by atoms with Crippen LogP contribution in [0.15, 0.2) is 41.0 Å². The summed E-state index contributed by atoms with van der Waals surface area (Å²) in [4.78, 5) is 27.8. The summed E-state index contributed by atoms with van der Waals surface area (Å²) in [5.41, 5.74) is 1.10. The first-order valence-corrected chi connectivity index (χ1v) is 9.00. The molecule has 0 aromatic heterocycles. The monoisotopic (exact) mass is 435 g/mol. The maximum absolute atomic E-state index is 12.2. The summed E-state index contributed by atoms with van der Waals surface area (Å²) in [5, 5.41) is 0.694. The molecule has 0 fully saturated rings. The highest BCUT2D eigenvalue weighted by molar-refractivity contribution is 6.42. The lowest BCUT2D eigenvalue weighted by molar-refractivity contribution is -0.132. The maximum atomic E-state index is 12.2. The van der Waals surface area contributed by atoms with Gasteiger partial charge in [0, 0.05) is 12.5 Å². The number of cyclic esters (lactones) is 1. The first kappa shape index (κ1) is 20.7. The summed E-state index contributed by atoms with van der Waals surface area (Å²) in [6, 6.07) is 7.93. The summed E-state index contributed by atoms with van der Waals surface area (Å²) in [6.07, 6.45) is 1.50. The maximum Gasteiger partial charge on any atom is 0.363 e. The largest absolute Gasteiger partial charge is 0.493 e. The van der Waals surface area contributed by atoms with Crippen LogP contribution in [0.5, 0.6) is 17.2 Å². The smallest absolute Gasteiger partial charge is 0.363 e. The molecule has 3 rings (SSSR count). The second kappa shape index (κ2) is 8.55. The molecule has 0 bridgehead atoms. The minimum atomic E-state index is -0.631. The summed E-state index contributed by atoms with van der Waals surface area (Å²) < 4.78 is 20.9. The molecule has 1 heterocycles. The number of carbonyl (C=O) groups excluding carboxylic acids is 2. The fourth-order valence-corrected chi connectivity index (χ4v) is 2.85. The van der Waals surface area contributed by atoms with Gasteiger partial charge < -0.3 is 18.9 Å². The van der Waals surface area contributed by atoms with E-state index in [2.05, 4.69) is 4.99 Å². The molecule has 0 radical (unpaired) electrons. The molecule has 29 heavy (non-hydrogen) atoms. The van der Waals surface area contributed by atoms with Crippen LogP contribution in [0.2, 0.25) is 10.0 Å². The Morgan fingerprint density at radius 2 is 1.72 bits per heavy atom. The molecule has 0 amide bonds. The zero-order valence-corrected chi connectivity index (χ0v) is 17.1. The number of hydrogen-bond acceptors (Lipinski definition) is 7. The van der Waals surface area contributed by atoms with Crippen molar-refractivity contribution in [3.8, 4) is 17.2 Å². The van der Waals surface area contributed by atoms with E-state index >= 15 is 0 Å². The van der Waals surface area contributed by atoms with Gasteiger partial charge in [-0.15, -0.1) is 0 Å². The van der Waals surface area contributed by atoms with Gasteiger partial charge in [-0.05, 0) is 42.0 Å². The molecule has 7 nitrogen and oxygen atoms in total. The number of carbonyl (C=O) groups is 2. The average molecular weight is 436 g/mol. The van der Waals surface area contributed by atoms with Gasteiger partial charge in [-0.3, -0.25) is 4.79 Å². The van der Waals surface area contributed by atoms with Crippen LogP contribution in [0.3, 0.4) is 0 Å². The second-order valence-corrected chi connectivity index (χ2v) is 6.63. The van der Waals surface area contributed by atoms with Crippen molar-refractivity contribution in [1.82, 2.24) is 0 Å². The molecule has 9 heteroatoms. The third-order valence-corrected chi connectivity index (χ3v) is 4.56. The van der Waals surface area contributed by atoms with Crippen LogP contribution in [-0.2, 0) is 14.3 Å². The third-order valence-electron chi connectivity index (χ3n) is 3.82. The lowest BCUT2D eigenvalue weighted by Crippen LogP contribution is -2.06. The molecule has 0 atom stereocenters. The van der Waals surface area contributed by atoms with E-state index in [9.17, 15) is 9.59 Å². The molecule has 0 saturated heterocycles. The van der Waals surface area contributed by atoms with Gasteiger partial charge in [0.2, 0.25) is 11.6 Å². The molecule has 0 spiro atoms. The van der Waals surface area contributed by atoms with E-state index in [0.717, 1.165) is 0 Å². The van der Waals surface area contributed by atoms with Crippen molar-refractivity contribution in [2.45, 2.75) is 6.92 Å². The van der Waals surface area contributed by atoms with Crippen LogP contribution < -0.4 is 14.2 Å². The summed E-state index contributed by atoms with van der Waals surface area (Å²) in [5.74, 6) is -0.400. The van der Waals surface area contributed by atoms with Gasteiger partial charge in [0.05, 0.1) is 24.3 Å². The van der Waals surface area contributed by atoms with E-state index in [0.29, 0.717) is 21.2 Å². The van der Waals surface area contributed by atoms with Crippen molar-refractivity contribution in [3.63, 3.8) is 0 Å². The number of nitrogens with zero attached hydrogens (tertiary/aromatic N) is 1. The van der Waals surface area contributed by atoms with Gasteiger partial charge in [0.25, 0.3) is 0 Å². The highest BCUT2D eigenvalue weighted by Crippen LogP contribution is 2.39. The number of halogens is 2.